The van der Waals surface area contributed by atoms with E-state index in [1.54, 1.807) is 0 Å². The largest absolute Gasteiger partial charge is 0.492 e. The molecule has 0 heterocycles. The molecule has 0 unspecified atom stereocenters. The molecular weight excluding hydrogens is 248 g/mol. The van der Waals surface area contributed by atoms with Gasteiger partial charge in [0, 0.05) is 19.6 Å². The van der Waals surface area contributed by atoms with E-state index < -0.39 is 0 Å². The molecule has 0 aliphatic carbocycles. The molecule has 0 amide bonds. The SMILES string of the molecule is CCN(CC)CCNCCOc1cc(C)cc(C)c1C. The quantitative estimate of drug-likeness (QED) is 0.703. The second kappa shape index (κ2) is 8.98. The number of benzene rings is 1. The zero-order chi connectivity index (χ0) is 15.0. The molecule has 0 radical (unpaired) electrons. The van der Waals surface area contributed by atoms with Gasteiger partial charge < -0.3 is 15.0 Å². The number of nitrogens with one attached hydrogen (secondary N) is 1. The van der Waals surface area contributed by atoms with Gasteiger partial charge in [-0.2, -0.15) is 0 Å². The fraction of sp³-hybridized carbons (Fsp3) is 0.647. The molecular formula is C17H30N2O. The van der Waals surface area contributed by atoms with Crippen molar-refractivity contribution in [2.45, 2.75) is 34.6 Å². The van der Waals surface area contributed by atoms with Gasteiger partial charge in [0.05, 0.1) is 0 Å². The van der Waals surface area contributed by atoms with Crippen LogP contribution in [0.15, 0.2) is 12.1 Å². The maximum absolute atomic E-state index is 5.88. The van der Waals surface area contributed by atoms with Crippen LogP contribution in [0.5, 0.6) is 5.75 Å². The average molecular weight is 278 g/mol. The van der Waals surface area contributed by atoms with E-state index in [2.05, 4.69) is 57.0 Å². The van der Waals surface area contributed by atoms with Gasteiger partial charge in [-0.1, -0.05) is 19.9 Å². The molecule has 1 N–H and O–H groups in total. The second-order valence-electron chi connectivity index (χ2n) is 5.33. The summed E-state index contributed by atoms with van der Waals surface area (Å²) in [5.74, 6) is 1.02. The summed E-state index contributed by atoms with van der Waals surface area (Å²) in [5.41, 5.74) is 3.81. The van der Waals surface area contributed by atoms with Crippen molar-refractivity contribution in [1.29, 1.82) is 0 Å². The lowest BCUT2D eigenvalue weighted by atomic mass is 10.1. The van der Waals surface area contributed by atoms with Gasteiger partial charge in [0.15, 0.2) is 0 Å². The predicted octanol–water partition coefficient (Wildman–Crippen LogP) is 2.92. The summed E-state index contributed by atoms with van der Waals surface area (Å²) in [5, 5.41) is 3.44. The topological polar surface area (TPSA) is 24.5 Å². The molecule has 20 heavy (non-hydrogen) atoms. The minimum Gasteiger partial charge on any atom is -0.492 e. The van der Waals surface area contributed by atoms with Gasteiger partial charge in [0.25, 0.3) is 0 Å². The monoisotopic (exact) mass is 278 g/mol. The first-order valence-electron chi connectivity index (χ1n) is 7.72. The minimum atomic E-state index is 0.724. The Bertz CT molecular complexity index is 400. The maximum atomic E-state index is 5.88. The van der Waals surface area contributed by atoms with Crippen LogP contribution in [0.2, 0.25) is 0 Å². The van der Waals surface area contributed by atoms with E-state index in [0.29, 0.717) is 0 Å². The van der Waals surface area contributed by atoms with Crippen LogP contribution in [0.3, 0.4) is 0 Å². The Morgan fingerprint density at radius 2 is 1.75 bits per heavy atom. The van der Waals surface area contributed by atoms with Crippen molar-refractivity contribution < 1.29 is 4.74 Å². The van der Waals surface area contributed by atoms with Crippen molar-refractivity contribution in [3.63, 3.8) is 0 Å². The van der Waals surface area contributed by atoms with Crippen LogP contribution in [-0.4, -0.2) is 44.2 Å². The molecule has 3 nitrogen and oxygen atoms in total. The second-order valence-corrected chi connectivity index (χ2v) is 5.33. The highest BCUT2D eigenvalue weighted by Crippen LogP contribution is 2.22. The fourth-order valence-electron chi connectivity index (χ4n) is 2.29. The van der Waals surface area contributed by atoms with Crippen LogP contribution in [-0.2, 0) is 0 Å². The van der Waals surface area contributed by atoms with Crippen LogP contribution in [0.1, 0.15) is 30.5 Å². The molecule has 0 aromatic heterocycles. The molecule has 114 valence electrons. The highest BCUT2D eigenvalue weighted by molar-refractivity contribution is 5.41. The molecule has 0 atom stereocenters. The summed E-state index contributed by atoms with van der Waals surface area (Å²) in [4.78, 5) is 2.42. The smallest absolute Gasteiger partial charge is 0.122 e. The molecule has 1 aromatic carbocycles. The Kier molecular flexibility index (Phi) is 7.63. The van der Waals surface area contributed by atoms with Crippen LogP contribution in [0, 0.1) is 20.8 Å². The summed E-state index contributed by atoms with van der Waals surface area (Å²) in [6, 6.07) is 4.32. The predicted molar refractivity (Wildman–Crippen MR) is 86.8 cm³/mol. The first-order chi connectivity index (χ1) is 9.58. The summed E-state index contributed by atoms with van der Waals surface area (Å²) in [7, 11) is 0. The van der Waals surface area contributed by atoms with Crippen molar-refractivity contribution in [1.82, 2.24) is 10.2 Å². The van der Waals surface area contributed by atoms with E-state index in [-0.39, 0.29) is 0 Å². The zero-order valence-corrected chi connectivity index (χ0v) is 13.8. The van der Waals surface area contributed by atoms with Crippen LogP contribution >= 0.6 is 0 Å². The highest BCUT2D eigenvalue weighted by atomic mass is 16.5. The molecule has 0 saturated carbocycles. The maximum Gasteiger partial charge on any atom is 0.122 e. The Morgan fingerprint density at radius 1 is 1.05 bits per heavy atom. The van der Waals surface area contributed by atoms with E-state index in [9.17, 15) is 0 Å². The number of aryl methyl sites for hydroxylation is 2. The Morgan fingerprint density at radius 3 is 2.40 bits per heavy atom. The molecule has 1 rings (SSSR count). The van der Waals surface area contributed by atoms with E-state index in [0.717, 1.165) is 45.1 Å². The number of rotatable bonds is 9. The lowest BCUT2D eigenvalue weighted by molar-refractivity contribution is 0.285. The summed E-state index contributed by atoms with van der Waals surface area (Å²) in [6.45, 7) is 16.8. The normalized spacial score (nSPS) is 11.1. The van der Waals surface area contributed by atoms with Gasteiger partial charge in [-0.05, 0) is 56.6 Å². The third-order valence-corrected chi connectivity index (χ3v) is 3.80. The Balaban J connectivity index is 2.25. The van der Waals surface area contributed by atoms with Crippen molar-refractivity contribution in [2.24, 2.45) is 0 Å². The van der Waals surface area contributed by atoms with Gasteiger partial charge in [-0.3, -0.25) is 0 Å². The Hall–Kier alpha value is -1.06. The lowest BCUT2D eigenvalue weighted by Crippen LogP contribution is -2.33. The van der Waals surface area contributed by atoms with Crippen molar-refractivity contribution >= 4 is 0 Å². The third-order valence-electron chi connectivity index (χ3n) is 3.80. The number of hydrogen-bond acceptors (Lipinski definition) is 3. The van der Waals surface area contributed by atoms with Crippen molar-refractivity contribution in [2.75, 3.05) is 39.3 Å². The average Bonchev–Trinajstić information content (AvgIpc) is 2.43. The zero-order valence-electron chi connectivity index (χ0n) is 13.8. The van der Waals surface area contributed by atoms with E-state index in [1.165, 1.54) is 16.7 Å². The summed E-state index contributed by atoms with van der Waals surface area (Å²) in [6.07, 6.45) is 0. The molecule has 0 aliphatic rings. The Labute approximate surface area is 124 Å². The number of nitrogens with zero attached hydrogens (tertiary/aromatic N) is 1. The summed E-state index contributed by atoms with van der Waals surface area (Å²) >= 11 is 0. The van der Waals surface area contributed by atoms with Gasteiger partial charge in [0.2, 0.25) is 0 Å². The van der Waals surface area contributed by atoms with Crippen LogP contribution in [0.4, 0.5) is 0 Å². The molecule has 0 fully saturated rings. The third kappa shape index (κ3) is 5.51. The van der Waals surface area contributed by atoms with Crippen LogP contribution < -0.4 is 10.1 Å². The van der Waals surface area contributed by atoms with E-state index >= 15 is 0 Å². The highest BCUT2D eigenvalue weighted by Gasteiger charge is 2.03. The standard InChI is InChI=1S/C17H30N2O/c1-6-19(7-2)10-8-18-9-11-20-17-13-14(3)12-15(4)16(17)5/h12-13,18H,6-11H2,1-5H3. The first-order valence-corrected chi connectivity index (χ1v) is 7.72. The number of likely N-dealkylation sites (N-methyl/N-ethyl adjacent to an activating group) is 1. The number of hydrogen-bond donors (Lipinski definition) is 1. The van der Waals surface area contributed by atoms with E-state index in [1.807, 2.05) is 0 Å². The van der Waals surface area contributed by atoms with Crippen molar-refractivity contribution in [3.8, 4) is 5.75 Å². The van der Waals surface area contributed by atoms with Gasteiger partial charge in [-0.25, -0.2) is 0 Å². The van der Waals surface area contributed by atoms with E-state index in [4.69, 9.17) is 4.74 Å². The molecule has 0 spiro atoms. The van der Waals surface area contributed by atoms with Gasteiger partial charge >= 0.3 is 0 Å². The molecule has 3 heteroatoms. The van der Waals surface area contributed by atoms with Crippen molar-refractivity contribution in [3.05, 3.63) is 28.8 Å². The first kappa shape index (κ1) is 17.0. The van der Waals surface area contributed by atoms with Gasteiger partial charge in [-0.15, -0.1) is 0 Å². The molecule has 0 bridgehead atoms. The molecule has 0 aliphatic heterocycles. The molecule has 0 saturated heterocycles. The van der Waals surface area contributed by atoms with Crippen LogP contribution in [0.25, 0.3) is 0 Å². The lowest BCUT2D eigenvalue weighted by Gasteiger charge is -2.18. The number of ether oxygens (including phenoxy) is 1. The minimum absolute atomic E-state index is 0.724. The molecule has 1 aromatic rings. The van der Waals surface area contributed by atoms with Gasteiger partial charge in [0.1, 0.15) is 12.4 Å². The summed E-state index contributed by atoms with van der Waals surface area (Å²) < 4.78 is 5.88. The fourth-order valence-corrected chi connectivity index (χ4v) is 2.29.